The lowest BCUT2D eigenvalue weighted by Gasteiger charge is -2.36. The van der Waals surface area contributed by atoms with Crippen molar-refractivity contribution >= 4 is 41.9 Å². The zero-order chi connectivity index (χ0) is 21.5. The number of imide groups is 1. The SMILES string of the molecule is CN=C(NCCN1C(=O)CNC1=O)N1CCN(Cc2cc(OC)ccc2OC)CC1.I. The van der Waals surface area contributed by atoms with Crippen molar-refractivity contribution < 1.29 is 19.1 Å². The molecule has 2 aliphatic rings. The summed E-state index contributed by atoms with van der Waals surface area (Å²) < 4.78 is 10.8. The number of ether oxygens (including phenoxy) is 2. The maximum absolute atomic E-state index is 11.7. The van der Waals surface area contributed by atoms with Gasteiger partial charge in [0.1, 0.15) is 11.5 Å². The van der Waals surface area contributed by atoms with Gasteiger partial charge in [-0.05, 0) is 18.2 Å². The molecule has 31 heavy (non-hydrogen) atoms. The fourth-order valence-electron chi connectivity index (χ4n) is 3.66. The van der Waals surface area contributed by atoms with Crippen LogP contribution in [0.15, 0.2) is 23.2 Å². The molecular weight excluding hydrogens is 515 g/mol. The molecule has 0 spiro atoms. The van der Waals surface area contributed by atoms with Gasteiger partial charge in [0.2, 0.25) is 5.91 Å². The number of carbonyl (C=O) groups excluding carboxylic acids is 2. The normalized spacial score (nSPS) is 17.3. The van der Waals surface area contributed by atoms with Gasteiger partial charge in [-0.1, -0.05) is 0 Å². The first-order valence-corrected chi connectivity index (χ1v) is 10.0. The highest BCUT2D eigenvalue weighted by atomic mass is 127. The van der Waals surface area contributed by atoms with Crippen LogP contribution in [0.1, 0.15) is 5.56 Å². The summed E-state index contributed by atoms with van der Waals surface area (Å²) in [5, 5.41) is 5.77. The van der Waals surface area contributed by atoms with Crippen molar-refractivity contribution in [2.24, 2.45) is 4.99 Å². The first kappa shape index (κ1) is 25.0. The molecule has 0 aliphatic carbocycles. The summed E-state index contributed by atoms with van der Waals surface area (Å²) in [6, 6.07) is 5.51. The van der Waals surface area contributed by atoms with E-state index in [9.17, 15) is 9.59 Å². The number of methoxy groups -OCH3 is 2. The number of halogens is 1. The van der Waals surface area contributed by atoms with E-state index >= 15 is 0 Å². The Kier molecular flexibility index (Phi) is 9.62. The van der Waals surface area contributed by atoms with Crippen molar-refractivity contribution in [2.45, 2.75) is 6.54 Å². The molecule has 2 heterocycles. The average Bonchev–Trinajstić information content (AvgIpc) is 3.09. The van der Waals surface area contributed by atoms with Crippen molar-refractivity contribution in [2.75, 3.05) is 67.1 Å². The Morgan fingerprint density at radius 3 is 2.48 bits per heavy atom. The summed E-state index contributed by atoms with van der Waals surface area (Å²) in [7, 11) is 5.08. The summed E-state index contributed by atoms with van der Waals surface area (Å²) in [5.74, 6) is 2.26. The van der Waals surface area contributed by atoms with E-state index in [1.54, 1.807) is 21.3 Å². The number of aliphatic imine (C=N–C) groups is 1. The summed E-state index contributed by atoms with van der Waals surface area (Å²) in [5.41, 5.74) is 1.10. The van der Waals surface area contributed by atoms with Gasteiger partial charge in [0.15, 0.2) is 5.96 Å². The molecule has 2 saturated heterocycles. The molecule has 2 fully saturated rings. The van der Waals surface area contributed by atoms with Crippen molar-refractivity contribution in [1.29, 1.82) is 0 Å². The van der Waals surface area contributed by atoms with Crippen molar-refractivity contribution in [1.82, 2.24) is 25.3 Å². The highest BCUT2D eigenvalue weighted by Crippen LogP contribution is 2.25. The lowest BCUT2D eigenvalue weighted by molar-refractivity contribution is -0.124. The molecule has 2 aliphatic heterocycles. The Morgan fingerprint density at radius 2 is 1.90 bits per heavy atom. The molecule has 11 heteroatoms. The van der Waals surface area contributed by atoms with E-state index in [0.717, 1.165) is 55.7 Å². The van der Waals surface area contributed by atoms with E-state index in [-0.39, 0.29) is 42.5 Å². The summed E-state index contributed by atoms with van der Waals surface area (Å²) in [6.45, 7) is 5.07. The minimum atomic E-state index is -0.335. The van der Waals surface area contributed by atoms with Crippen LogP contribution in [0.3, 0.4) is 0 Å². The molecule has 10 nitrogen and oxygen atoms in total. The Bertz CT molecular complexity index is 782. The van der Waals surface area contributed by atoms with E-state index in [2.05, 4.69) is 25.4 Å². The Morgan fingerprint density at radius 1 is 1.16 bits per heavy atom. The summed E-state index contributed by atoms with van der Waals surface area (Å²) >= 11 is 0. The van der Waals surface area contributed by atoms with E-state index in [1.807, 2.05) is 18.2 Å². The Labute approximate surface area is 199 Å². The minimum absolute atomic E-state index is 0. The number of urea groups is 1. The third-order valence-electron chi connectivity index (χ3n) is 5.32. The number of carbonyl (C=O) groups is 2. The molecule has 0 saturated carbocycles. The monoisotopic (exact) mass is 546 g/mol. The number of benzene rings is 1. The van der Waals surface area contributed by atoms with Crippen molar-refractivity contribution in [3.63, 3.8) is 0 Å². The standard InChI is InChI=1S/C20H30N6O4.HI/c1-21-19(22-6-7-26-18(27)13-23-20(26)28)25-10-8-24(9-11-25)14-15-12-16(29-2)4-5-17(15)30-3;/h4-5,12H,6-11,13-14H2,1-3H3,(H,21,22)(H,23,28);1H. The van der Waals surface area contributed by atoms with Gasteiger partial charge in [-0.2, -0.15) is 0 Å². The smallest absolute Gasteiger partial charge is 0.324 e. The van der Waals surface area contributed by atoms with Gasteiger partial charge in [0.25, 0.3) is 0 Å². The Hall–Kier alpha value is -2.28. The quantitative estimate of drug-likeness (QED) is 0.223. The number of piperazine rings is 1. The molecule has 0 aromatic heterocycles. The summed E-state index contributed by atoms with van der Waals surface area (Å²) in [4.78, 5) is 33.4. The molecular formula is C20H31IN6O4. The topological polar surface area (TPSA) is 98.7 Å². The zero-order valence-electron chi connectivity index (χ0n) is 18.2. The molecule has 1 aromatic rings. The highest BCUT2D eigenvalue weighted by molar-refractivity contribution is 14.0. The minimum Gasteiger partial charge on any atom is -0.497 e. The molecule has 2 N–H and O–H groups in total. The highest BCUT2D eigenvalue weighted by Gasteiger charge is 2.28. The summed E-state index contributed by atoms with van der Waals surface area (Å²) in [6.07, 6.45) is 0. The van der Waals surface area contributed by atoms with Crippen molar-refractivity contribution in [3.05, 3.63) is 23.8 Å². The number of hydrogen-bond donors (Lipinski definition) is 2. The second kappa shape index (κ2) is 11.9. The first-order valence-electron chi connectivity index (χ1n) is 10.0. The predicted molar refractivity (Wildman–Crippen MR) is 128 cm³/mol. The van der Waals surface area contributed by atoms with E-state index in [1.165, 1.54) is 4.90 Å². The van der Waals surface area contributed by atoms with E-state index in [4.69, 9.17) is 9.47 Å². The van der Waals surface area contributed by atoms with Crippen LogP contribution in [-0.2, 0) is 11.3 Å². The predicted octanol–water partition coefficient (Wildman–Crippen LogP) is 0.567. The second-order valence-corrected chi connectivity index (χ2v) is 7.12. The van der Waals surface area contributed by atoms with Gasteiger partial charge >= 0.3 is 6.03 Å². The molecule has 0 atom stereocenters. The van der Waals surface area contributed by atoms with Crippen molar-refractivity contribution in [3.8, 4) is 11.5 Å². The van der Waals surface area contributed by atoms with E-state index < -0.39 is 0 Å². The van der Waals surface area contributed by atoms with Gasteiger partial charge in [-0.15, -0.1) is 24.0 Å². The van der Waals surface area contributed by atoms with Crippen LogP contribution in [0.4, 0.5) is 4.79 Å². The molecule has 1 aromatic carbocycles. The van der Waals surface area contributed by atoms with E-state index in [0.29, 0.717) is 13.1 Å². The fourth-order valence-corrected chi connectivity index (χ4v) is 3.66. The largest absolute Gasteiger partial charge is 0.497 e. The van der Waals surface area contributed by atoms with Gasteiger partial charge in [0, 0.05) is 58.4 Å². The third kappa shape index (κ3) is 6.35. The number of nitrogens with one attached hydrogen (secondary N) is 2. The zero-order valence-corrected chi connectivity index (χ0v) is 20.5. The number of rotatable bonds is 7. The van der Waals surface area contributed by atoms with Gasteiger partial charge in [-0.3, -0.25) is 19.6 Å². The molecule has 0 unspecified atom stereocenters. The van der Waals surface area contributed by atoms with Crippen LogP contribution >= 0.6 is 24.0 Å². The number of amides is 3. The van der Waals surface area contributed by atoms with Gasteiger partial charge in [-0.25, -0.2) is 4.79 Å². The molecule has 172 valence electrons. The number of nitrogens with zero attached hydrogens (tertiary/aromatic N) is 4. The second-order valence-electron chi connectivity index (χ2n) is 7.12. The number of hydrogen-bond acceptors (Lipinski definition) is 6. The molecule has 0 bridgehead atoms. The molecule has 3 amide bonds. The first-order chi connectivity index (χ1) is 14.5. The van der Waals surface area contributed by atoms with Crippen LogP contribution in [0, 0.1) is 0 Å². The molecule has 3 rings (SSSR count). The van der Waals surface area contributed by atoms with Gasteiger partial charge in [0.05, 0.1) is 20.8 Å². The maximum atomic E-state index is 11.7. The van der Waals surface area contributed by atoms with Crippen LogP contribution in [0.2, 0.25) is 0 Å². The van der Waals surface area contributed by atoms with Gasteiger partial charge < -0.3 is 25.0 Å². The lowest BCUT2D eigenvalue weighted by atomic mass is 10.1. The Balaban J connectivity index is 0.00000341. The lowest BCUT2D eigenvalue weighted by Crippen LogP contribution is -2.53. The number of guanidine groups is 1. The van der Waals surface area contributed by atoms with Crippen LogP contribution in [-0.4, -0.2) is 99.7 Å². The maximum Gasteiger partial charge on any atom is 0.324 e. The molecule has 0 radical (unpaired) electrons. The average molecular weight is 546 g/mol. The fraction of sp³-hybridized carbons (Fsp3) is 0.550. The van der Waals surface area contributed by atoms with Crippen LogP contribution < -0.4 is 20.1 Å². The van der Waals surface area contributed by atoms with Crippen LogP contribution in [0.5, 0.6) is 11.5 Å². The third-order valence-corrected chi connectivity index (χ3v) is 5.32. The van der Waals surface area contributed by atoms with Crippen LogP contribution in [0.25, 0.3) is 0 Å².